The van der Waals surface area contributed by atoms with Gasteiger partial charge in [-0.3, -0.25) is 4.90 Å². The first-order chi connectivity index (χ1) is 14.9. The minimum absolute atomic E-state index is 0. The van der Waals surface area contributed by atoms with Crippen LogP contribution in [0.15, 0.2) is 36.4 Å². The molecule has 2 aromatic carbocycles. The van der Waals surface area contributed by atoms with Gasteiger partial charge in [0, 0.05) is 43.8 Å². The number of hydrogen-bond acceptors (Lipinski definition) is 5. The number of rotatable bonds is 6. The van der Waals surface area contributed by atoms with Crippen LogP contribution in [-0.2, 0) is 10.2 Å². The van der Waals surface area contributed by atoms with Crippen LogP contribution in [0, 0.1) is 6.92 Å². The van der Waals surface area contributed by atoms with Gasteiger partial charge >= 0.3 is 0 Å². The van der Waals surface area contributed by atoms with E-state index in [2.05, 4.69) is 67.0 Å². The van der Waals surface area contributed by atoms with Crippen molar-refractivity contribution in [2.75, 3.05) is 58.5 Å². The van der Waals surface area contributed by atoms with Crippen molar-refractivity contribution in [3.05, 3.63) is 53.1 Å². The Morgan fingerprint density at radius 2 is 1.66 bits per heavy atom. The van der Waals surface area contributed by atoms with Crippen molar-refractivity contribution in [1.82, 2.24) is 4.90 Å². The monoisotopic (exact) mass is 460 g/mol. The summed E-state index contributed by atoms with van der Waals surface area (Å²) in [6.45, 7) is 12.8. The second-order valence-corrected chi connectivity index (χ2v) is 9.38. The van der Waals surface area contributed by atoms with E-state index in [4.69, 9.17) is 14.2 Å². The Balaban J connectivity index is 0.00000289. The molecule has 2 heterocycles. The Morgan fingerprint density at radius 1 is 1.00 bits per heavy atom. The molecule has 1 atom stereocenters. The smallest absolute Gasteiger partial charge is 0.161 e. The zero-order valence-corrected chi connectivity index (χ0v) is 20.8. The number of nitrogens with zero attached hydrogens (tertiary/aromatic N) is 2. The number of ether oxygens (including phenoxy) is 3. The van der Waals surface area contributed by atoms with Crippen molar-refractivity contribution in [3.8, 4) is 11.5 Å². The van der Waals surface area contributed by atoms with Gasteiger partial charge in [-0.1, -0.05) is 32.0 Å². The minimum Gasteiger partial charge on any atom is -0.493 e. The van der Waals surface area contributed by atoms with Crippen LogP contribution in [0.3, 0.4) is 0 Å². The van der Waals surface area contributed by atoms with Crippen LogP contribution in [0.2, 0.25) is 0 Å². The average molecular weight is 461 g/mol. The normalized spacial score (nSPS) is 20.3. The largest absolute Gasteiger partial charge is 0.493 e. The van der Waals surface area contributed by atoms with Crippen LogP contribution in [0.5, 0.6) is 11.5 Å². The van der Waals surface area contributed by atoms with Gasteiger partial charge in [-0.2, -0.15) is 0 Å². The molecule has 1 saturated heterocycles. The van der Waals surface area contributed by atoms with E-state index in [1.54, 1.807) is 14.2 Å². The van der Waals surface area contributed by atoms with E-state index in [9.17, 15) is 0 Å². The second kappa shape index (κ2) is 10.3. The predicted molar refractivity (Wildman–Crippen MR) is 133 cm³/mol. The van der Waals surface area contributed by atoms with E-state index in [-0.39, 0.29) is 23.9 Å². The summed E-state index contributed by atoms with van der Waals surface area (Å²) in [5, 5.41) is 0. The first-order valence-corrected chi connectivity index (χ1v) is 11.3. The summed E-state index contributed by atoms with van der Waals surface area (Å²) < 4.78 is 17.5. The number of fused-ring (bicyclic) bond motifs is 1. The quantitative estimate of drug-likeness (QED) is 0.606. The lowest BCUT2D eigenvalue weighted by atomic mass is 9.78. The first kappa shape index (κ1) is 24.7. The van der Waals surface area contributed by atoms with Crippen LogP contribution in [0.4, 0.5) is 5.69 Å². The topological polar surface area (TPSA) is 34.2 Å². The number of para-hydroxylation sites is 1. The highest BCUT2D eigenvalue weighted by Crippen LogP contribution is 2.44. The Hall–Kier alpha value is -1.95. The molecule has 0 aliphatic carbocycles. The number of methoxy groups -OCH3 is 2. The number of benzene rings is 2. The molecule has 0 bridgehead atoms. The van der Waals surface area contributed by atoms with Gasteiger partial charge in [0.05, 0.1) is 26.9 Å². The molecule has 0 amide bonds. The summed E-state index contributed by atoms with van der Waals surface area (Å²) in [5.74, 6) is 1.57. The molecule has 176 valence electrons. The van der Waals surface area contributed by atoms with Gasteiger partial charge in [0.2, 0.25) is 0 Å². The molecular weight excluding hydrogens is 424 g/mol. The Kier molecular flexibility index (Phi) is 7.97. The lowest BCUT2D eigenvalue weighted by Gasteiger charge is -2.40. The fraction of sp³-hybridized carbons (Fsp3) is 0.538. The van der Waals surface area contributed by atoms with Crippen LogP contribution in [0.25, 0.3) is 0 Å². The van der Waals surface area contributed by atoms with Gasteiger partial charge in [0.15, 0.2) is 11.5 Å². The van der Waals surface area contributed by atoms with E-state index < -0.39 is 0 Å². The summed E-state index contributed by atoms with van der Waals surface area (Å²) in [4.78, 5) is 5.08. The SMILES string of the molecule is COc1cc2c(cc1OC)C(C)(C)COC2CCN1CCN(c2ccccc2C)CC1.Cl. The maximum Gasteiger partial charge on any atom is 0.161 e. The van der Waals surface area contributed by atoms with Gasteiger partial charge in [-0.15, -0.1) is 12.4 Å². The summed E-state index contributed by atoms with van der Waals surface area (Å²) >= 11 is 0. The number of hydrogen-bond donors (Lipinski definition) is 0. The molecule has 2 aliphatic rings. The molecule has 32 heavy (non-hydrogen) atoms. The van der Waals surface area contributed by atoms with Gasteiger partial charge in [0.1, 0.15) is 0 Å². The van der Waals surface area contributed by atoms with Gasteiger partial charge in [-0.05, 0) is 48.2 Å². The van der Waals surface area contributed by atoms with Crippen molar-refractivity contribution in [2.45, 2.75) is 38.7 Å². The lowest BCUT2D eigenvalue weighted by molar-refractivity contribution is -0.00352. The standard InChI is InChI=1S/C26H36N2O3.ClH/c1-19-8-6-7-9-22(19)28-14-12-27(13-15-28)11-10-23-20-16-24(29-4)25(30-5)17-21(20)26(2,3)18-31-23;/h6-9,16-17,23H,10-15,18H2,1-5H3;1H. The third-order valence-electron chi connectivity index (χ3n) is 6.81. The van der Waals surface area contributed by atoms with Crippen molar-refractivity contribution < 1.29 is 14.2 Å². The maximum absolute atomic E-state index is 6.36. The summed E-state index contributed by atoms with van der Waals surface area (Å²) in [5.41, 5.74) is 5.24. The predicted octanol–water partition coefficient (Wildman–Crippen LogP) is 5.00. The molecule has 5 nitrogen and oxygen atoms in total. The molecule has 1 fully saturated rings. The molecule has 1 unspecified atom stereocenters. The fourth-order valence-corrected chi connectivity index (χ4v) is 4.89. The molecular formula is C26H37ClN2O3. The molecule has 0 aromatic heterocycles. The number of halogens is 1. The van der Waals surface area contributed by atoms with Crippen LogP contribution >= 0.6 is 12.4 Å². The highest BCUT2D eigenvalue weighted by molar-refractivity contribution is 5.85. The zero-order valence-electron chi connectivity index (χ0n) is 20.0. The molecule has 0 spiro atoms. The second-order valence-electron chi connectivity index (χ2n) is 9.38. The Labute approximate surface area is 199 Å². The maximum atomic E-state index is 6.36. The highest BCUT2D eigenvalue weighted by Gasteiger charge is 2.35. The van der Waals surface area contributed by atoms with Gasteiger partial charge in [-0.25, -0.2) is 0 Å². The van der Waals surface area contributed by atoms with E-state index in [1.807, 2.05) is 0 Å². The Morgan fingerprint density at radius 3 is 2.31 bits per heavy atom. The minimum atomic E-state index is -0.0371. The van der Waals surface area contributed by atoms with Crippen LogP contribution < -0.4 is 14.4 Å². The molecule has 0 saturated carbocycles. The van der Waals surface area contributed by atoms with E-state index in [1.165, 1.54) is 22.4 Å². The summed E-state index contributed by atoms with van der Waals surface area (Å²) in [6.07, 6.45) is 1.08. The summed E-state index contributed by atoms with van der Waals surface area (Å²) in [7, 11) is 3.40. The average Bonchev–Trinajstić information content (AvgIpc) is 2.78. The molecule has 4 rings (SSSR count). The summed E-state index contributed by atoms with van der Waals surface area (Å²) in [6, 6.07) is 13.0. The molecule has 2 aromatic rings. The number of anilines is 1. The van der Waals surface area contributed by atoms with E-state index in [0.717, 1.165) is 57.3 Å². The zero-order chi connectivity index (χ0) is 22.0. The van der Waals surface area contributed by atoms with Crippen molar-refractivity contribution in [3.63, 3.8) is 0 Å². The Bertz CT molecular complexity index is 910. The van der Waals surface area contributed by atoms with Gasteiger partial charge < -0.3 is 19.1 Å². The van der Waals surface area contributed by atoms with Crippen LogP contribution in [0.1, 0.15) is 43.1 Å². The molecule has 0 radical (unpaired) electrons. The van der Waals surface area contributed by atoms with Crippen molar-refractivity contribution >= 4 is 18.1 Å². The van der Waals surface area contributed by atoms with E-state index >= 15 is 0 Å². The third-order valence-corrected chi connectivity index (χ3v) is 6.81. The highest BCUT2D eigenvalue weighted by atomic mass is 35.5. The molecule has 6 heteroatoms. The molecule has 2 aliphatic heterocycles. The lowest BCUT2D eigenvalue weighted by Crippen LogP contribution is -2.47. The third kappa shape index (κ3) is 5.00. The van der Waals surface area contributed by atoms with E-state index in [0.29, 0.717) is 0 Å². The van der Waals surface area contributed by atoms with Gasteiger partial charge in [0.25, 0.3) is 0 Å². The van der Waals surface area contributed by atoms with Crippen LogP contribution in [-0.4, -0.2) is 58.5 Å². The fourth-order valence-electron chi connectivity index (χ4n) is 4.89. The first-order valence-electron chi connectivity index (χ1n) is 11.3. The number of aryl methyl sites for hydroxylation is 1. The number of piperazine rings is 1. The van der Waals surface area contributed by atoms with Crippen molar-refractivity contribution in [1.29, 1.82) is 0 Å². The van der Waals surface area contributed by atoms with Crippen molar-refractivity contribution in [2.24, 2.45) is 0 Å². The molecule has 0 N–H and O–H groups in total.